The molecular weight excluding hydrogens is 116 g/mol. The molecule has 0 aliphatic heterocycles. The number of aliphatic hydroxyl groups excluding tert-OH is 2. The second kappa shape index (κ2) is 2.50. The second-order valence-electron chi connectivity index (χ2n) is 2.53. The SMILES string of the molecule is C=CC1CCC(O)C1O. The maximum atomic E-state index is 9.14. The van der Waals surface area contributed by atoms with Crippen LogP contribution in [0.3, 0.4) is 0 Å². The minimum absolute atomic E-state index is 0.111. The molecule has 1 aliphatic rings. The predicted molar refractivity (Wildman–Crippen MR) is 34.9 cm³/mol. The third-order valence-electron chi connectivity index (χ3n) is 1.93. The third-order valence-corrected chi connectivity index (χ3v) is 1.93. The second-order valence-corrected chi connectivity index (χ2v) is 2.53. The van der Waals surface area contributed by atoms with Gasteiger partial charge in [0.25, 0.3) is 0 Å². The van der Waals surface area contributed by atoms with Crippen molar-refractivity contribution in [2.45, 2.75) is 25.0 Å². The van der Waals surface area contributed by atoms with Crippen LogP contribution >= 0.6 is 0 Å². The Morgan fingerprint density at radius 3 is 2.22 bits per heavy atom. The van der Waals surface area contributed by atoms with E-state index in [4.69, 9.17) is 10.2 Å². The van der Waals surface area contributed by atoms with Gasteiger partial charge >= 0.3 is 0 Å². The van der Waals surface area contributed by atoms with Crippen molar-refractivity contribution in [1.82, 2.24) is 0 Å². The molecular formula is C7H12O2. The monoisotopic (exact) mass is 128 g/mol. The molecule has 52 valence electrons. The van der Waals surface area contributed by atoms with E-state index in [1.807, 2.05) is 0 Å². The Hall–Kier alpha value is -0.340. The molecule has 1 fully saturated rings. The van der Waals surface area contributed by atoms with Crippen LogP contribution in [0, 0.1) is 5.92 Å². The van der Waals surface area contributed by atoms with Crippen molar-refractivity contribution >= 4 is 0 Å². The first-order chi connectivity index (χ1) is 4.25. The molecule has 0 spiro atoms. The fraction of sp³-hybridized carbons (Fsp3) is 0.714. The van der Waals surface area contributed by atoms with Crippen LogP contribution in [0.1, 0.15) is 12.8 Å². The van der Waals surface area contributed by atoms with Gasteiger partial charge in [-0.3, -0.25) is 0 Å². The molecule has 0 saturated heterocycles. The molecule has 3 unspecified atom stereocenters. The van der Waals surface area contributed by atoms with E-state index in [2.05, 4.69) is 6.58 Å². The van der Waals surface area contributed by atoms with E-state index in [1.165, 1.54) is 0 Å². The summed E-state index contributed by atoms with van der Waals surface area (Å²) in [6.07, 6.45) is 2.19. The molecule has 2 N–H and O–H groups in total. The highest BCUT2D eigenvalue weighted by atomic mass is 16.3. The van der Waals surface area contributed by atoms with Gasteiger partial charge in [0.15, 0.2) is 0 Å². The van der Waals surface area contributed by atoms with E-state index in [0.717, 1.165) is 6.42 Å². The van der Waals surface area contributed by atoms with Crippen molar-refractivity contribution in [3.63, 3.8) is 0 Å². The van der Waals surface area contributed by atoms with Crippen LogP contribution in [0.5, 0.6) is 0 Å². The Balaban J connectivity index is 2.50. The summed E-state index contributed by atoms with van der Waals surface area (Å²) in [6, 6.07) is 0. The van der Waals surface area contributed by atoms with Crippen molar-refractivity contribution in [2.24, 2.45) is 5.92 Å². The number of aliphatic hydroxyl groups is 2. The lowest BCUT2D eigenvalue weighted by Crippen LogP contribution is -2.23. The largest absolute Gasteiger partial charge is 0.390 e. The van der Waals surface area contributed by atoms with Gasteiger partial charge in [0.2, 0.25) is 0 Å². The molecule has 2 nitrogen and oxygen atoms in total. The van der Waals surface area contributed by atoms with Gasteiger partial charge in [0.05, 0.1) is 12.2 Å². The lowest BCUT2D eigenvalue weighted by Gasteiger charge is -2.10. The highest BCUT2D eigenvalue weighted by molar-refractivity contribution is 4.93. The summed E-state index contributed by atoms with van der Waals surface area (Å²) < 4.78 is 0. The average molecular weight is 128 g/mol. The minimum Gasteiger partial charge on any atom is -0.390 e. The van der Waals surface area contributed by atoms with Gasteiger partial charge in [-0.05, 0) is 12.8 Å². The Morgan fingerprint density at radius 2 is 2.00 bits per heavy atom. The normalized spacial score (nSPS) is 43.1. The quantitative estimate of drug-likeness (QED) is 0.499. The van der Waals surface area contributed by atoms with E-state index >= 15 is 0 Å². The van der Waals surface area contributed by atoms with Crippen molar-refractivity contribution in [3.8, 4) is 0 Å². The predicted octanol–water partition coefficient (Wildman–Crippen LogP) is 0.304. The summed E-state index contributed by atoms with van der Waals surface area (Å²) in [6.45, 7) is 3.56. The first-order valence-corrected chi connectivity index (χ1v) is 3.24. The molecule has 0 heterocycles. The molecule has 1 rings (SSSR count). The standard InChI is InChI=1S/C7H12O2/c1-2-5-3-4-6(8)7(5)9/h2,5-9H,1,3-4H2. The van der Waals surface area contributed by atoms with Crippen molar-refractivity contribution in [2.75, 3.05) is 0 Å². The van der Waals surface area contributed by atoms with Gasteiger partial charge in [0.1, 0.15) is 0 Å². The number of hydrogen-bond donors (Lipinski definition) is 2. The fourth-order valence-electron chi connectivity index (χ4n) is 1.25. The molecule has 0 amide bonds. The summed E-state index contributed by atoms with van der Waals surface area (Å²) in [5, 5.41) is 18.1. The zero-order valence-corrected chi connectivity index (χ0v) is 5.33. The molecule has 0 aromatic rings. The first kappa shape index (κ1) is 6.78. The van der Waals surface area contributed by atoms with Crippen LogP contribution in [-0.4, -0.2) is 22.4 Å². The van der Waals surface area contributed by atoms with E-state index in [0.29, 0.717) is 6.42 Å². The Bertz CT molecular complexity index is 111. The van der Waals surface area contributed by atoms with Crippen molar-refractivity contribution < 1.29 is 10.2 Å². The summed E-state index contributed by atoms with van der Waals surface area (Å²) >= 11 is 0. The lowest BCUT2D eigenvalue weighted by atomic mass is 10.1. The average Bonchev–Trinajstić information content (AvgIpc) is 2.15. The molecule has 0 bridgehead atoms. The Morgan fingerprint density at radius 1 is 1.33 bits per heavy atom. The first-order valence-electron chi connectivity index (χ1n) is 3.24. The summed E-state index contributed by atoms with van der Waals surface area (Å²) in [7, 11) is 0. The highest BCUT2D eigenvalue weighted by Gasteiger charge is 2.30. The van der Waals surface area contributed by atoms with E-state index in [1.54, 1.807) is 6.08 Å². The maximum Gasteiger partial charge on any atom is 0.0861 e. The molecule has 9 heavy (non-hydrogen) atoms. The van der Waals surface area contributed by atoms with E-state index in [-0.39, 0.29) is 5.92 Å². The van der Waals surface area contributed by atoms with Crippen LogP contribution in [0.2, 0.25) is 0 Å². The third kappa shape index (κ3) is 1.14. The lowest BCUT2D eigenvalue weighted by molar-refractivity contribution is 0.0299. The van der Waals surface area contributed by atoms with E-state index < -0.39 is 12.2 Å². The van der Waals surface area contributed by atoms with Crippen LogP contribution < -0.4 is 0 Å². The summed E-state index contributed by atoms with van der Waals surface area (Å²) in [5.74, 6) is 0.111. The van der Waals surface area contributed by atoms with Gasteiger partial charge in [-0.1, -0.05) is 6.08 Å². The zero-order valence-electron chi connectivity index (χ0n) is 5.33. The van der Waals surface area contributed by atoms with Crippen LogP contribution in [0.4, 0.5) is 0 Å². The highest BCUT2D eigenvalue weighted by Crippen LogP contribution is 2.26. The molecule has 0 radical (unpaired) electrons. The Kier molecular flexibility index (Phi) is 1.88. The number of rotatable bonds is 1. The maximum absolute atomic E-state index is 9.14. The molecule has 3 atom stereocenters. The van der Waals surface area contributed by atoms with Gasteiger partial charge in [0, 0.05) is 5.92 Å². The molecule has 1 saturated carbocycles. The topological polar surface area (TPSA) is 40.5 Å². The molecule has 1 aliphatic carbocycles. The smallest absolute Gasteiger partial charge is 0.0861 e. The van der Waals surface area contributed by atoms with Gasteiger partial charge < -0.3 is 10.2 Å². The molecule has 2 heteroatoms. The summed E-state index contributed by atoms with van der Waals surface area (Å²) in [4.78, 5) is 0. The summed E-state index contributed by atoms with van der Waals surface area (Å²) in [5.41, 5.74) is 0. The number of hydrogen-bond acceptors (Lipinski definition) is 2. The Labute approximate surface area is 54.8 Å². The van der Waals surface area contributed by atoms with Crippen LogP contribution in [0.25, 0.3) is 0 Å². The van der Waals surface area contributed by atoms with Crippen molar-refractivity contribution in [3.05, 3.63) is 12.7 Å². The van der Waals surface area contributed by atoms with Gasteiger partial charge in [-0.15, -0.1) is 6.58 Å². The zero-order chi connectivity index (χ0) is 6.85. The van der Waals surface area contributed by atoms with Gasteiger partial charge in [-0.25, -0.2) is 0 Å². The molecule has 0 aromatic carbocycles. The minimum atomic E-state index is -0.567. The van der Waals surface area contributed by atoms with Crippen molar-refractivity contribution in [1.29, 1.82) is 0 Å². The van der Waals surface area contributed by atoms with Crippen LogP contribution in [0.15, 0.2) is 12.7 Å². The van der Waals surface area contributed by atoms with E-state index in [9.17, 15) is 0 Å². The van der Waals surface area contributed by atoms with Gasteiger partial charge in [-0.2, -0.15) is 0 Å². The fourth-order valence-corrected chi connectivity index (χ4v) is 1.25. The molecule has 0 aromatic heterocycles. The van der Waals surface area contributed by atoms with Crippen LogP contribution in [-0.2, 0) is 0 Å².